The fourth-order valence-electron chi connectivity index (χ4n) is 1.58. The van der Waals surface area contributed by atoms with Gasteiger partial charge in [0.1, 0.15) is 0 Å². The molecule has 1 rings (SSSR count). The van der Waals surface area contributed by atoms with Crippen LogP contribution in [0.2, 0.25) is 0 Å². The van der Waals surface area contributed by atoms with Crippen LogP contribution in [-0.2, 0) is 4.79 Å². The number of nitrogens with two attached hydrogens (primary N) is 1. The minimum Gasteiger partial charge on any atom is -0.399 e. The molecule has 0 aliphatic heterocycles. The summed E-state index contributed by atoms with van der Waals surface area (Å²) in [5, 5.41) is 2.76. The molecule has 3 nitrogen and oxygen atoms in total. The number of nitrogens with one attached hydrogen (secondary N) is 1. The zero-order chi connectivity index (χ0) is 12.8. The van der Waals surface area contributed by atoms with Gasteiger partial charge in [-0.25, -0.2) is 0 Å². The lowest BCUT2D eigenvalue weighted by molar-refractivity contribution is -0.118. The first-order chi connectivity index (χ1) is 8.00. The number of nitrogen functional groups attached to an aromatic ring is 1. The standard InChI is InChI=1S/C14H20N2O/c1-10-9-14(15)11(2)8-13(10)6-4-5-7-16-12(3)17/h4,6,8-9H,5,7,15H2,1-3H3,(H,16,17). The summed E-state index contributed by atoms with van der Waals surface area (Å²) >= 11 is 0. The predicted octanol–water partition coefficient (Wildman–Crippen LogP) is 2.43. The summed E-state index contributed by atoms with van der Waals surface area (Å²) in [7, 11) is 0. The fraction of sp³-hybridized carbons (Fsp3) is 0.357. The van der Waals surface area contributed by atoms with Crippen molar-refractivity contribution in [2.24, 2.45) is 0 Å². The molecule has 0 unspecified atom stereocenters. The molecule has 0 atom stereocenters. The highest BCUT2D eigenvalue weighted by Crippen LogP contribution is 2.18. The predicted molar refractivity (Wildman–Crippen MR) is 72.7 cm³/mol. The van der Waals surface area contributed by atoms with Gasteiger partial charge in [0.15, 0.2) is 0 Å². The van der Waals surface area contributed by atoms with E-state index in [0.29, 0.717) is 6.54 Å². The molecule has 3 heteroatoms. The second-order valence-corrected chi connectivity index (χ2v) is 4.24. The maximum Gasteiger partial charge on any atom is 0.216 e. The van der Waals surface area contributed by atoms with Gasteiger partial charge in [0, 0.05) is 19.2 Å². The SMILES string of the molecule is CC(=O)NCCC=Cc1cc(C)c(N)cc1C. The van der Waals surface area contributed by atoms with Crippen molar-refractivity contribution >= 4 is 17.7 Å². The van der Waals surface area contributed by atoms with Crippen LogP contribution < -0.4 is 11.1 Å². The van der Waals surface area contributed by atoms with E-state index in [-0.39, 0.29) is 5.91 Å². The van der Waals surface area contributed by atoms with E-state index in [9.17, 15) is 4.79 Å². The molecule has 1 aromatic rings. The minimum atomic E-state index is 0.0120. The molecule has 0 radical (unpaired) electrons. The number of hydrogen-bond acceptors (Lipinski definition) is 2. The van der Waals surface area contributed by atoms with E-state index >= 15 is 0 Å². The van der Waals surface area contributed by atoms with Crippen LogP contribution in [-0.4, -0.2) is 12.5 Å². The number of anilines is 1. The minimum absolute atomic E-state index is 0.0120. The summed E-state index contributed by atoms with van der Waals surface area (Å²) in [6.45, 7) is 6.25. The Morgan fingerprint density at radius 2 is 2.06 bits per heavy atom. The van der Waals surface area contributed by atoms with Crippen LogP contribution in [0.5, 0.6) is 0 Å². The van der Waals surface area contributed by atoms with Crippen LogP contribution in [0.4, 0.5) is 5.69 Å². The molecule has 1 aromatic carbocycles. The molecular weight excluding hydrogens is 212 g/mol. The number of carbonyl (C=O) groups is 1. The summed E-state index contributed by atoms with van der Waals surface area (Å²) in [5.41, 5.74) is 10.1. The lowest BCUT2D eigenvalue weighted by atomic mass is 10.0. The maximum absolute atomic E-state index is 10.7. The Bertz CT molecular complexity index is 436. The van der Waals surface area contributed by atoms with Crippen molar-refractivity contribution in [2.45, 2.75) is 27.2 Å². The lowest BCUT2D eigenvalue weighted by Crippen LogP contribution is -2.20. The Kier molecular flexibility index (Phi) is 4.76. The topological polar surface area (TPSA) is 55.1 Å². The summed E-state index contributed by atoms with van der Waals surface area (Å²) in [5.74, 6) is 0.0120. The Morgan fingerprint density at radius 3 is 2.71 bits per heavy atom. The summed E-state index contributed by atoms with van der Waals surface area (Å²) in [4.78, 5) is 10.7. The van der Waals surface area contributed by atoms with Crippen molar-refractivity contribution in [2.75, 3.05) is 12.3 Å². The summed E-state index contributed by atoms with van der Waals surface area (Å²) in [6, 6.07) is 4.07. The van der Waals surface area contributed by atoms with E-state index in [1.807, 2.05) is 19.9 Å². The molecule has 0 aliphatic rings. The smallest absolute Gasteiger partial charge is 0.216 e. The third-order valence-corrected chi connectivity index (χ3v) is 2.64. The Morgan fingerprint density at radius 1 is 1.35 bits per heavy atom. The molecule has 0 bridgehead atoms. The fourth-order valence-corrected chi connectivity index (χ4v) is 1.58. The number of rotatable bonds is 4. The van der Waals surface area contributed by atoms with E-state index in [1.54, 1.807) is 0 Å². The van der Waals surface area contributed by atoms with Gasteiger partial charge in [0.25, 0.3) is 0 Å². The third-order valence-electron chi connectivity index (χ3n) is 2.64. The quantitative estimate of drug-likeness (QED) is 0.618. The van der Waals surface area contributed by atoms with Crippen LogP contribution in [0.1, 0.15) is 30.0 Å². The Labute approximate surface area is 103 Å². The van der Waals surface area contributed by atoms with E-state index in [1.165, 1.54) is 18.1 Å². The largest absolute Gasteiger partial charge is 0.399 e. The number of aryl methyl sites for hydroxylation is 2. The van der Waals surface area contributed by atoms with Gasteiger partial charge in [-0.05, 0) is 49.1 Å². The molecule has 17 heavy (non-hydrogen) atoms. The summed E-state index contributed by atoms with van der Waals surface area (Å²) < 4.78 is 0. The molecule has 0 saturated heterocycles. The van der Waals surface area contributed by atoms with Crippen LogP contribution in [0, 0.1) is 13.8 Å². The third kappa shape index (κ3) is 4.31. The van der Waals surface area contributed by atoms with Gasteiger partial charge in [0.2, 0.25) is 5.91 Å². The van der Waals surface area contributed by atoms with E-state index < -0.39 is 0 Å². The van der Waals surface area contributed by atoms with Crippen molar-refractivity contribution in [3.8, 4) is 0 Å². The highest BCUT2D eigenvalue weighted by Gasteiger charge is 1.98. The van der Waals surface area contributed by atoms with Gasteiger partial charge in [-0.1, -0.05) is 12.2 Å². The Hall–Kier alpha value is -1.77. The van der Waals surface area contributed by atoms with Crippen molar-refractivity contribution in [3.63, 3.8) is 0 Å². The monoisotopic (exact) mass is 232 g/mol. The van der Waals surface area contributed by atoms with Crippen molar-refractivity contribution < 1.29 is 4.79 Å². The zero-order valence-electron chi connectivity index (χ0n) is 10.7. The normalized spacial score (nSPS) is 10.8. The zero-order valence-corrected chi connectivity index (χ0v) is 10.7. The van der Waals surface area contributed by atoms with E-state index in [0.717, 1.165) is 17.7 Å². The molecule has 0 spiro atoms. The van der Waals surface area contributed by atoms with Gasteiger partial charge in [0.05, 0.1) is 0 Å². The molecule has 0 aliphatic carbocycles. The first-order valence-corrected chi connectivity index (χ1v) is 5.78. The second-order valence-electron chi connectivity index (χ2n) is 4.24. The average molecular weight is 232 g/mol. The van der Waals surface area contributed by atoms with Crippen LogP contribution >= 0.6 is 0 Å². The van der Waals surface area contributed by atoms with Gasteiger partial charge in [-0.2, -0.15) is 0 Å². The van der Waals surface area contributed by atoms with Crippen molar-refractivity contribution in [1.29, 1.82) is 0 Å². The number of amides is 1. The highest BCUT2D eigenvalue weighted by molar-refractivity contribution is 5.72. The van der Waals surface area contributed by atoms with Gasteiger partial charge >= 0.3 is 0 Å². The lowest BCUT2D eigenvalue weighted by Gasteiger charge is -2.06. The first kappa shape index (κ1) is 13.3. The number of carbonyl (C=O) groups excluding carboxylic acids is 1. The van der Waals surface area contributed by atoms with E-state index in [2.05, 4.69) is 23.5 Å². The molecule has 0 aromatic heterocycles. The summed E-state index contributed by atoms with van der Waals surface area (Å²) in [6.07, 6.45) is 4.97. The van der Waals surface area contributed by atoms with Gasteiger partial charge < -0.3 is 11.1 Å². The molecular formula is C14H20N2O. The number of benzene rings is 1. The highest BCUT2D eigenvalue weighted by atomic mass is 16.1. The number of hydrogen-bond donors (Lipinski definition) is 2. The van der Waals surface area contributed by atoms with Crippen molar-refractivity contribution in [3.05, 3.63) is 34.9 Å². The van der Waals surface area contributed by atoms with Crippen molar-refractivity contribution in [1.82, 2.24) is 5.32 Å². The maximum atomic E-state index is 10.7. The second kappa shape index (κ2) is 6.09. The molecule has 0 saturated carbocycles. The Balaban J connectivity index is 2.59. The van der Waals surface area contributed by atoms with Gasteiger partial charge in [-0.3, -0.25) is 4.79 Å². The van der Waals surface area contributed by atoms with E-state index in [4.69, 9.17) is 5.73 Å². The van der Waals surface area contributed by atoms with Crippen LogP contribution in [0.25, 0.3) is 6.08 Å². The molecule has 3 N–H and O–H groups in total. The van der Waals surface area contributed by atoms with Crippen LogP contribution in [0.15, 0.2) is 18.2 Å². The average Bonchev–Trinajstić information content (AvgIpc) is 2.24. The van der Waals surface area contributed by atoms with Gasteiger partial charge in [-0.15, -0.1) is 0 Å². The first-order valence-electron chi connectivity index (χ1n) is 5.78. The molecule has 92 valence electrons. The van der Waals surface area contributed by atoms with Crippen LogP contribution in [0.3, 0.4) is 0 Å². The molecule has 0 heterocycles. The molecule has 0 fully saturated rings. The molecule has 1 amide bonds.